The number of morpholine rings is 1. The standard InChI is InChI=1S/C27H36FN3O3/c1-7-30(13-12-22-8-10-24(33-6)15-26(22)28)27(32)25-11-9-23(14-18(25)2)29-21(5)31-16-19(3)34-20(4)17-31/h7-11,14-15,18-20,25,29H,1,5,12-13,16-17H2,2-4,6H3/t18?,19-,20+,25?. The average Bonchev–Trinajstić information content (AvgIpc) is 2.79. The first-order valence-electron chi connectivity index (χ1n) is 11.7. The van der Waals surface area contributed by atoms with E-state index in [1.54, 1.807) is 17.0 Å². The Bertz CT molecular complexity index is 964. The third-order valence-electron chi connectivity index (χ3n) is 6.25. The molecule has 4 atom stereocenters. The molecular formula is C27H36FN3O3. The Morgan fingerprint density at radius 2 is 2.03 bits per heavy atom. The molecule has 0 bridgehead atoms. The molecule has 6 nitrogen and oxygen atoms in total. The van der Waals surface area contributed by atoms with Gasteiger partial charge in [0.05, 0.1) is 31.1 Å². The highest BCUT2D eigenvalue weighted by atomic mass is 19.1. The van der Waals surface area contributed by atoms with Crippen LogP contribution >= 0.6 is 0 Å². The number of nitrogens with one attached hydrogen (secondary N) is 1. The van der Waals surface area contributed by atoms with Gasteiger partial charge >= 0.3 is 0 Å². The highest BCUT2D eigenvalue weighted by Crippen LogP contribution is 2.26. The van der Waals surface area contributed by atoms with Gasteiger partial charge in [0.15, 0.2) is 0 Å². The van der Waals surface area contributed by atoms with Crippen LogP contribution in [0, 0.1) is 17.7 Å². The van der Waals surface area contributed by atoms with E-state index < -0.39 is 0 Å². The first kappa shape index (κ1) is 25.6. The molecular weight excluding hydrogens is 433 g/mol. The van der Waals surface area contributed by atoms with Crippen molar-refractivity contribution >= 4 is 5.91 Å². The lowest BCUT2D eigenvalue weighted by Gasteiger charge is -2.38. The van der Waals surface area contributed by atoms with Crippen molar-refractivity contribution in [3.63, 3.8) is 0 Å². The second kappa shape index (κ2) is 11.4. The molecule has 0 saturated carbocycles. The summed E-state index contributed by atoms with van der Waals surface area (Å²) in [4.78, 5) is 16.9. The molecule has 7 heteroatoms. The molecule has 1 aromatic carbocycles. The van der Waals surface area contributed by atoms with Gasteiger partial charge in [-0.1, -0.05) is 38.3 Å². The maximum Gasteiger partial charge on any atom is 0.234 e. The van der Waals surface area contributed by atoms with Gasteiger partial charge in [-0.3, -0.25) is 4.79 Å². The molecule has 2 aliphatic rings. The number of hydrogen-bond acceptors (Lipinski definition) is 5. The zero-order chi connectivity index (χ0) is 24.8. The minimum absolute atomic E-state index is 0.0180. The number of methoxy groups -OCH3 is 1. The van der Waals surface area contributed by atoms with Crippen molar-refractivity contribution in [2.45, 2.75) is 39.4 Å². The summed E-state index contributed by atoms with van der Waals surface area (Å²) < 4.78 is 25.1. The van der Waals surface area contributed by atoms with Gasteiger partial charge in [0.2, 0.25) is 5.91 Å². The van der Waals surface area contributed by atoms with E-state index in [9.17, 15) is 9.18 Å². The fourth-order valence-corrected chi connectivity index (χ4v) is 4.44. The number of rotatable bonds is 9. The van der Waals surface area contributed by atoms with E-state index in [1.165, 1.54) is 19.4 Å². The maximum absolute atomic E-state index is 14.3. The molecule has 1 saturated heterocycles. The Morgan fingerprint density at radius 1 is 1.32 bits per heavy atom. The second-order valence-corrected chi connectivity index (χ2v) is 9.02. The van der Waals surface area contributed by atoms with E-state index in [0.29, 0.717) is 24.3 Å². The number of benzene rings is 1. The van der Waals surface area contributed by atoms with Crippen LogP contribution in [-0.4, -0.2) is 54.7 Å². The molecule has 0 aromatic heterocycles. The third-order valence-corrected chi connectivity index (χ3v) is 6.25. The first-order valence-corrected chi connectivity index (χ1v) is 11.7. The van der Waals surface area contributed by atoms with Crippen molar-refractivity contribution in [3.8, 4) is 5.75 Å². The Balaban J connectivity index is 1.57. The average molecular weight is 470 g/mol. The van der Waals surface area contributed by atoms with Crippen molar-refractivity contribution in [3.05, 3.63) is 78.7 Å². The van der Waals surface area contributed by atoms with Gasteiger partial charge in [-0.25, -0.2) is 4.39 Å². The van der Waals surface area contributed by atoms with E-state index in [1.807, 2.05) is 25.2 Å². The molecule has 3 rings (SSSR count). The van der Waals surface area contributed by atoms with Crippen LogP contribution in [0.15, 0.2) is 67.3 Å². The molecule has 1 amide bonds. The molecule has 34 heavy (non-hydrogen) atoms. The maximum atomic E-state index is 14.3. The van der Waals surface area contributed by atoms with Gasteiger partial charge in [0.1, 0.15) is 11.6 Å². The SMILES string of the molecule is C=CN(CCc1ccc(OC)cc1F)C(=O)C1C=CC(NC(=C)N2C[C@@H](C)O[C@@H](C)C2)=CC1C. The van der Waals surface area contributed by atoms with Crippen LogP contribution in [0.4, 0.5) is 4.39 Å². The third kappa shape index (κ3) is 6.29. The first-order chi connectivity index (χ1) is 16.2. The summed E-state index contributed by atoms with van der Waals surface area (Å²) in [5, 5.41) is 3.38. The summed E-state index contributed by atoms with van der Waals surface area (Å²) in [7, 11) is 1.50. The fraction of sp³-hybridized carbons (Fsp3) is 0.444. The zero-order valence-electron chi connectivity index (χ0n) is 20.6. The van der Waals surface area contributed by atoms with E-state index in [-0.39, 0.29) is 35.8 Å². The normalized spacial score (nSPS) is 24.3. The molecule has 1 aliphatic heterocycles. The highest BCUT2D eigenvalue weighted by Gasteiger charge is 2.28. The molecule has 1 N–H and O–H groups in total. The van der Waals surface area contributed by atoms with Crippen molar-refractivity contribution < 1.29 is 18.7 Å². The molecule has 184 valence electrons. The van der Waals surface area contributed by atoms with Crippen molar-refractivity contribution in [1.82, 2.24) is 15.1 Å². The van der Waals surface area contributed by atoms with Gasteiger partial charge in [-0.05, 0) is 50.1 Å². The van der Waals surface area contributed by atoms with Crippen LogP contribution in [0.1, 0.15) is 26.3 Å². The highest BCUT2D eigenvalue weighted by molar-refractivity contribution is 5.82. The number of halogens is 1. The number of carbonyl (C=O) groups is 1. The fourth-order valence-electron chi connectivity index (χ4n) is 4.44. The van der Waals surface area contributed by atoms with Crippen LogP contribution < -0.4 is 10.1 Å². The Kier molecular flexibility index (Phi) is 8.56. The van der Waals surface area contributed by atoms with Gasteiger partial charge < -0.3 is 24.6 Å². The molecule has 1 aliphatic carbocycles. The number of carbonyl (C=O) groups excluding carboxylic acids is 1. The van der Waals surface area contributed by atoms with Gasteiger partial charge in [0.25, 0.3) is 0 Å². The van der Waals surface area contributed by atoms with Crippen molar-refractivity contribution in [2.75, 3.05) is 26.7 Å². The second-order valence-electron chi connectivity index (χ2n) is 9.02. The quantitative estimate of drug-likeness (QED) is 0.587. The predicted molar refractivity (Wildman–Crippen MR) is 132 cm³/mol. The molecule has 1 aromatic rings. The lowest BCUT2D eigenvalue weighted by atomic mass is 9.87. The predicted octanol–water partition coefficient (Wildman–Crippen LogP) is 4.22. The molecule has 2 unspecified atom stereocenters. The molecule has 1 heterocycles. The van der Waals surface area contributed by atoms with Gasteiger partial charge in [-0.2, -0.15) is 0 Å². The summed E-state index contributed by atoms with van der Waals surface area (Å²) in [5.41, 5.74) is 1.45. The molecule has 0 radical (unpaired) electrons. The zero-order valence-corrected chi connectivity index (χ0v) is 20.6. The Labute approximate surface area is 202 Å². The number of nitrogens with zero attached hydrogens (tertiary/aromatic N) is 2. The van der Waals surface area contributed by atoms with Crippen LogP contribution in [0.2, 0.25) is 0 Å². The summed E-state index contributed by atoms with van der Waals surface area (Å²) in [5.74, 6) is 0.554. The van der Waals surface area contributed by atoms with E-state index in [0.717, 1.165) is 24.6 Å². The van der Waals surface area contributed by atoms with Crippen LogP contribution in [-0.2, 0) is 16.0 Å². The summed E-state index contributed by atoms with van der Waals surface area (Å²) in [6.07, 6.45) is 8.08. The Morgan fingerprint density at radius 3 is 2.62 bits per heavy atom. The van der Waals surface area contributed by atoms with Gasteiger partial charge in [-0.15, -0.1) is 0 Å². The number of amides is 1. The monoisotopic (exact) mass is 469 g/mol. The van der Waals surface area contributed by atoms with Crippen molar-refractivity contribution in [2.24, 2.45) is 11.8 Å². The smallest absolute Gasteiger partial charge is 0.234 e. The van der Waals surface area contributed by atoms with E-state index >= 15 is 0 Å². The van der Waals surface area contributed by atoms with Crippen LogP contribution in [0.25, 0.3) is 0 Å². The molecule has 1 fully saturated rings. The number of ether oxygens (including phenoxy) is 2. The van der Waals surface area contributed by atoms with E-state index in [2.05, 4.69) is 37.2 Å². The lowest BCUT2D eigenvalue weighted by Crippen LogP contribution is -2.47. The van der Waals surface area contributed by atoms with Crippen molar-refractivity contribution in [1.29, 1.82) is 0 Å². The molecule has 0 spiro atoms. The minimum atomic E-state index is -0.343. The largest absolute Gasteiger partial charge is 0.497 e. The van der Waals surface area contributed by atoms with E-state index in [4.69, 9.17) is 9.47 Å². The summed E-state index contributed by atoms with van der Waals surface area (Å²) in [6, 6.07) is 4.76. The Hall–Kier alpha value is -3.06. The summed E-state index contributed by atoms with van der Waals surface area (Å²) in [6.45, 7) is 16.0. The minimum Gasteiger partial charge on any atom is -0.497 e. The topological polar surface area (TPSA) is 54.0 Å². The number of hydrogen-bond donors (Lipinski definition) is 1. The van der Waals surface area contributed by atoms with Crippen LogP contribution in [0.5, 0.6) is 5.75 Å². The lowest BCUT2D eigenvalue weighted by molar-refractivity contribution is -0.132. The summed E-state index contributed by atoms with van der Waals surface area (Å²) >= 11 is 0. The van der Waals surface area contributed by atoms with Gasteiger partial charge in [0, 0.05) is 31.4 Å². The number of allylic oxidation sites excluding steroid dienone is 2. The van der Waals surface area contributed by atoms with Crippen LogP contribution in [0.3, 0.4) is 0 Å².